The van der Waals surface area contributed by atoms with Crippen LogP contribution in [-0.2, 0) is 29.1 Å². The van der Waals surface area contributed by atoms with Gasteiger partial charge in [-0.05, 0) is 35.7 Å². The van der Waals surface area contributed by atoms with Crippen LogP contribution in [0.2, 0.25) is 0 Å². The number of pyridine rings is 1. The van der Waals surface area contributed by atoms with Crippen molar-refractivity contribution in [3.05, 3.63) is 89.7 Å². The Morgan fingerprint density at radius 2 is 1.74 bits per heavy atom. The van der Waals surface area contributed by atoms with Gasteiger partial charge in [-0.25, -0.2) is 4.79 Å². The number of nitrogens with zero attached hydrogens (tertiary/aromatic N) is 1. The maximum atomic E-state index is 12.4. The van der Waals surface area contributed by atoms with Crippen LogP contribution in [0.1, 0.15) is 23.6 Å². The fourth-order valence-electron chi connectivity index (χ4n) is 2.96. The molecule has 0 aliphatic heterocycles. The monoisotopic (exact) mass is 418 g/mol. The molecule has 7 nitrogen and oxygen atoms in total. The molecule has 3 rings (SSSR count). The number of nitrogen functional groups attached to an aromatic ring is 1. The van der Waals surface area contributed by atoms with Gasteiger partial charge >= 0.3 is 6.09 Å². The standard InChI is InChI=1S/C24H26N4O3/c1-17(23(29)28-22-7-3-2-6-21(22)25)13-18-8-10-19(11-9-18)15-27-24(30)31-16-20-5-4-12-26-14-20/h2-12,14,17H,13,15-16,25H2,1H3,(H,27,30)(H,28,29). The molecule has 1 aromatic heterocycles. The van der Waals surface area contributed by atoms with Crippen molar-refractivity contribution in [1.29, 1.82) is 0 Å². The predicted molar refractivity (Wildman–Crippen MR) is 120 cm³/mol. The summed E-state index contributed by atoms with van der Waals surface area (Å²) in [5, 5.41) is 5.59. The molecular weight excluding hydrogens is 392 g/mol. The van der Waals surface area contributed by atoms with Crippen LogP contribution in [0.5, 0.6) is 0 Å². The maximum Gasteiger partial charge on any atom is 0.407 e. The van der Waals surface area contributed by atoms with E-state index in [1.807, 2.05) is 49.4 Å². The van der Waals surface area contributed by atoms with Gasteiger partial charge in [-0.1, -0.05) is 49.4 Å². The van der Waals surface area contributed by atoms with E-state index >= 15 is 0 Å². The number of para-hydroxylation sites is 2. The number of ether oxygens (including phenoxy) is 1. The van der Waals surface area contributed by atoms with Gasteiger partial charge in [0.2, 0.25) is 5.91 Å². The molecule has 31 heavy (non-hydrogen) atoms. The van der Waals surface area contributed by atoms with Crippen molar-refractivity contribution in [3.8, 4) is 0 Å². The summed E-state index contributed by atoms with van der Waals surface area (Å²) in [5.41, 5.74) is 9.85. The lowest BCUT2D eigenvalue weighted by molar-refractivity contribution is -0.119. The molecule has 0 bridgehead atoms. The molecule has 160 valence electrons. The Morgan fingerprint density at radius 1 is 1.00 bits per heavy atom. The molecule has 0 saturated carbocycles. The van der Waals surface area contributed by atoms with Crippen molar-refractivity contribution in [2.45, 2.75) is 26.5 Å². The number of benzene rings is 2. The van der Waals surface area contributed by atoms with Gasteiger partial charge in [-0.15, -0.1) is 0 Å². The smallest absolute Gasteiger partial charge is 0.407 e. The molecule has 2 aromatic carbocycles. The predicted octanol–water partition coefficient (Wildman–Crippen LogP) is 3.91. The van der Waals surface area contributed by atoms with Crippen molar-refractivity contribution in [3.63, 3.8) is 0 Å². The average molecular weight is 418 g/mol. The van der Waals surface area contributed by atoms with E-state index in [4.69, 9.17) is 10.5 Å². The quantitative estimate of drug-likeness (QED) is 0.481. The Bertz CT molecular complexity index is 1010. The van der Waals surface area contributed by atoms with Gasteiger partial charge in [0.1, 0.15) is 6.61 Å². The third-order valence-corrected chi connectivity index (χ3v) is 4.76. The highest BCUT2D eigenvalue weighted by atomic mass is 16.5. The largest absolute Gasteiger partial charge is 0.445 e. The van der Waals surface area contributed by atoms with Gasteiger partial charge in [0.05, 0.1) is 11.4 Å². The lowest BCUT2D eigenvalue weighted by Gasteiger charge is -2.14. The molecule has 0 spiro atoms. The number of carbonyl (C=O) groups is 2. The summed E-state index contributed by atoms with van der Waals surface area (Å²) < 4.78 is 5.17. The number of nitrogens with one attached hydrogen (secondary N) is 2. The van der Waals surface area contributed by atoms with Crippen molar-refractivity contribution >= 4 is 23.4 Å². The first kappa shape index (κ1) is 21.8. The summed E-state index contributed by atoms with van der Waals surface area (Å²) in [4.78, 5) is 28.3. The molecule has 0 fully saturated rings. The summed E-state index contributed by atoms with van der Waals surface area (Å²) in [6.45, 7) is 2.41. The number of hydrogen-bond donors (Lipinski definition) is 3. The molecule has 1 heterocycles. The maximum absolute atomic E-state index is 12.4. The van der Waals surface area contributed by atoms with Gasteiger partial charge < -0.3 is 21.1 Å². The zero-order chi connectivity index (χ0) is 22.1. The second kappa shape index (κ2) is 10.8. The average Bonchev–Trinajstić information content (AvgIpc) is 2.79. The van der Waals surface area contributed by atoms with E-state index < -0.39 is 6.09 Å². The lowest BCUT2D eigenvalue weighted by atomic mass is 9.99. The zero-order valence-electron chi connectivity index (χ0n) is 17.4. The topological polar surface area (TPSA) is 106 Å². The van der Waals surface area contributed by atoms with E-state index in [0.29, 0.717) is 24.3 Å². The zero-order valence-corrected chi connectivity index (χ0v) is 17.4. The summed E-state index contributed by atoms with van der Waals surface area (Å²) in [5.74, 6) is -0.300. The van der Waals surface area contributed by atoms with Gasteiger partial charge in [-0.3, -0.25) is 9.78 Å². The van der Waals surface area contributed by atoms with Crippen molar-refractivity contribution < 1.29 is 14.3 Å². The highest BCUT2D eigenvalue weighted by Crippen LogP contribution is 2.19. The first-order valence-electron chi connectivity index (χ1n) is 10.0. The van der Waals surface area contributed by atoms with E-state index in [2.05, 4.69) is 15.6 Å². The van der Waals surface area contributed by atoms with Crippen LogP contribution in [0.3, 0.4) is 0 Å². The SMILES string of the molecule is CC(Cc1ccc(CNC(=O)OCc2cccnc2)cc1)C(=O)Nc1ccccc1N. The minimum atomic E-state index is -0.488. The minimum absolute atomic E-state index is 0.0833. The van der Waals surface area contributed by atoms with Gasteiger partial charge in [0.15, 0.2) is 0 Å². The van der Waals surface area contributed by atoms with Crippen molar-refractivity contribution in [1.82, 2.24) is 10.3 Å². The Morgan fingerprint density at radius 3 is 2.45 bits per heavy atom. The van der Waals surface area contributed by atoms with E-state index in [0.717, 1.165) is 16.7 Å². The molecule has 2 amide bonds. The van der Waals surface area contributed by atoms with E-state index in [-0.39, 0.29) is 18.4 Å². The molecule has 4 N–H and O–H groups in total. The molecule has 7 heteroatoms. The molecule has 3 aromatic rings. The molecule has 0 aliphatic rings. The number of hydrogen-bond acceptors (Lipinski definition) is 5. The Balaban J connectivity index is 1.43. The molecule has 0 aliphatic carbocycles. The number of alkyl carbamates (subject to hydrolysis) is 1. The fourth-order valence-corrected chi connectivity index (χ4v) is 2.96. The second-order valence-electron chi connectivity index (χ2n) is 7.29. The summed E-state index contributed by atoms with van der Waals surface area (Å²) >= 11 is 0. The number of carbonyl (C=O) groups excluding carboxylic acids is 2. The van der Waals surface area contributed by atoms with Crippen LogP contribution in [0.25, 0.3) is 0 Å². The number of amides is 2. The first-order valence-corrected chi connectivity index (χ1v) is 10.0. The molecule has 1 atom stereocenters. The molecule has 0 saturated heterocycles. The number of rotatable bonds is 8. The van der Waals surface area contributed by atoms with Crippen LogP contribution in [-0.4, -0.2) is 17.0 Å². The van der Waals surface area contributed by atoms with Crippen LogP contribution in [0.15, 0.2) is 73.1 Å². The molecular formula is C24H26N4O3. The Kier molecular flexibility index (Phi) is 7.59. The third-order valence-electron chi connectivity index (χ3n) is 4.76. The fraction of sp³-hybridized carbons (Fsp3) is 0.208. The Labute approximate surface area is 181 Å². The van der Waals surface area contributed by atoms with Gasteiger partial charge in [0.25, 0.3) is 0 Å². The highest BCUT2D eigenvalue weighted by Gasteiger charge is 2.15. The van der Waals surface area contributed by atoms with Crippen LogP contribution < -0.4 is 16.4 Å². The van der Waals surface area contributed by atoms with Crippen LogP contribution in [0.4, 0.5) is 16.2 Å². The van der Waals surface area contributed by atoms with Gasteiger partial charge in [-0.2, -0.15) is 0 Å². The number of aromatic nitrogens is 1. The molecule has 0 radical (unpaired) electrons. The Hall–Kier alpha value is -3.87. The third kappa shape index (κ3) is 6.85. The van der Waals surface area contributed by atoms with Crippen LogP contribution >= 0.6 is 0 Å². The number of anilines is 2. The first-order chi connectivity index (χ1) is 15.0. The number of nitrogens with two attached hydrogens (primary N) is 1. The van der Waals surface area contributed by atoms with Crippen molar-refractivity contribution in [2.24, 2.45) is 5.92 Å². The van der Waals surface area contributed by atoms with E-state index in [1.165, 1.54) is 0 Å². The normalized spacial score (nSPS) is 11.4. The minimum Gasteiger partial charge on any atom is -0.445 e. The highest BCUT2D eigenvalue weighted by molar-refractivity contribution is 5.95. The van der Waals surface area contributed by atoms with E-state index in [1.54, 1.807) is 30.6 Å². The molecule has 1 unspecified atom stereocenters. The lowest BCUT2D eigenvalue weighted by Crippen LogP contribution is -2.24. The van der Waals surface area contributed by atoms with Crippen LogP contribution in [0, 0.1) is 5.92 Å². The van der Waals surface area contributed by atoms with Gasteiger partial charge in [0, 0.05) is 30.4 Å². The van der Waals surface area contributed by atoms with Crippen molar-refractivity contribution in [2.75, 3.05) is 11.1 Å². The summed E-state index contributed by atoms with van der Waals surface area (Å²) in [6, 6.07) is 18.6. The van der Waals surface area contributed by atoms with E-state index in [9.17, 15) is 9.59 Å². The summed E-state index contributed by atoms with van der Waals surface area (Å²) in [6.07, 6.45) is 3.43. The second-order valence-corrected chi connectivity index (χ2v) is 7.29. The summed E-state index contributed by atoms with van der Waals surface area (Å²) in [7, 11) is 0.